The minimum Gasteiger partial charge on any atom is -0.351 e. The van der Waals surface area contributed by atoms with Crippen LogP contribution in [-0.4, -0.2) is 43.4 Å². The van der Waals surface area contributed by atoms with Crippen molar-refractivity contribution in [3.05, 3.63) is 84.3 Å². The second-order valence-electron chi connectivity index (χ2n) is 7.63. The van der Waals surface area contributed by atoms with E-state index in [1.165, 1.54) is 5.56 Å². The van der Waals surface area contributed by atoms with Crippen molar-refractivity contribution in [3.63, 3.8) is 0 Å². The van der Waals surface area contributed by atoms with Crippen LogP contribution < -0.4 is 0 Å². The minimum absolute atomic E-state index is 0.0677. The molecule has 0 radical (unpaired) electrons. The van der Waals surface area contributed by atoms with Gasteiger partial charge in [-0.15, -0.1) is 0 Å². The van der Waals surface area contributed by atoms with Crippen molar-refractivity contribution in [1.29, 1.82) is 0 Å². The zero-order valence-electron chi connectivity index (χ0n) is 16.2. The van der Waals surface area contributed by atoms with Crippen LogP contribution in [0.25, 0.3) is 10.9 Å². The topological polar surface area (TPSA) is 66.8 Å². The first-order valence-corrected chi connectivity index (χ1v) is 10.0. The predicted octanol–water partition coefficient (Wildman–Crippen LogP) is 3.83. The molecule has 0 bridgehead atoms. The Bertz CT molecular complexity index is 1100. The Kier molecular flexibility index (Phi) is 4.60. The number of H-pyrrole nitrogens is 1. The molecular weight excluding hydrogens is 362 g/mol. The summed E-state index contributed by atoms with van der Waals surface area (Å²) in [7, 11) is 0. The van der Waals surface area contributed by atoms with Gasteiger partial charge in [0.1, 0.15) is 11.5 Å². The number of aromatic nitrogens is 4. The highest BCUT2D eigenvalue weighted by Gasteiger charge is 2.28. The van der Waals surface area contributed by atoms with Crippen LogP contribution in [0.4, 0.5) is 0 Å². The normalized spacial score (nSPS) is 17.0. The molecule has 1 saturated heterocycles. The van der Waals surface area contributed by atoms with Gasteiger partial charge < -0.3 is 14.5 Å². The highest BCUT2D eigenvalue weighted by molar-refractivity contribution is 5.98. The van der Waals surface area contributed by atoms with E-state index in [2.05, 4.69) is 19.5 Å². The quantitative estimate of drug-likeness (QED) is 0.581. The maximum Gasteiger partial charge on any atom is 0.270 e. The average Bonchev–Trinajstić information content (AvgIpc) is 3.41. The number of imidazole rings is 1. The second kappa shape index (κ2) is 7.54. The predicted molar refractivity (Wildman–Crippen MR) is 112 cm³/mol. The number of carbonyl (C=O) groups excluding carboxylic acids is 1. The second-order valence-corrected chi connectivity index (χ2v) is 7.63. The van der Waals surface area contributed by atoms with Gasteiger partial charge in [-0.25, -0.2) is 4.98 Å². The van der Waals surface area contributed by atoms with Crippen molar-refractivity contribution < 1.29 is 4.79 Å². The van der Waals surface area contributed by atoms with Gasteiger partial charge in [0.15, 0.2) is 0 Å². The molecule has 1 fully saturated rings. The summed E-state index contributed by atoms with van der Waals surface area (Å²) in [5.74, 6) is 1.36. The number of likely N-dealkylation sites (tertiary alicyclic amines) is 1. The molecule has 1 amide bonds. The SMILES string of the molecule is O=C(c1cc2ccccc2[nH]1)N1CCC[C@@H](c2nccn2Cc2ccncc2)C1. The number of amides is 1. The third-order valence-electron chi connectivity index (χ3n) is 5.68. The van der Waals surface area contributed by atoms with Crippen molar-refractivity contribution in [1.82, 2.24) is 24.4 Å². The van der Waals surface area contributed by atoms with Crippen LogP contribution in [0.1, 0.15) is 40.6 Å². The first kappa shape index (κ1) is 17.7. The Morgan fingerprint density at radius 1 is 1.14 bits per heavy atom. The Balaban J connectivity index is 1.34. The molecule has 0 spiro atoms. The van der Waals surface area contributed by atoms with E-state index < -0.39 is 0 Å². The fraction of sp³-hybridized carbons (Fsp3) is 0.261. The molecular formula is C23H23N5O. The molecule has 146 valence electrons. The van der Waals surface area contributed by atoms with Crippen LogP contribution in [0.5, 0.6) is 0 Å². The number of benzene rings is 1. The molecule has 1 atom stereocenters. The van der Waals surface area contributed by atoms with Crippen LogP contribution in [0.3, 0.4) is 0 Å². The lowest BCUT2D eigenvalue weighted by atomic mass is 9.96. The first-order chi connectivity index (χ1) is 14.3. The number of rotatable bonds is 4. The highest BCUT2D eigenvalue weighted by Crippen LogP contribution is 2.27. The molecule has 4 aromatic rings. The standard InChI is InChI=1S/C23H23N5O/c29-23(21-14-18-4-1-2-6-20(18)26-21)28-12-3-5-19(16-28)22-25-11-13-27(22)15-17-7-9-24-10-8-17/h1-2,4,6-11,13-14,19,26H,3,5,12,15-16H2/t19-/m1/s1. The lowest BCUT2D eigenvalue weighted by molar-refractivity contribution is 0.0698. The van der Waals surface area contributed by atoms with Crippen molar-refractivity contribution in [3.8, 4) is 0 Å². The van der Waals surface area contributed by atoms with Crippen molar-refractivity contribution in [2.24, 2.45) is 0 Å². The minimum atomic E-state index is 0.0677. The van der Waals surface area contributed by atoms with E-state index >= 15 is 0 Å². The number of hydrogen-bond acceptors (Lipinski definition) is 3. The van der Waals surface area contributed by atoms with Gasteiger partial charge in [-0.2, -0.15) is 0 Å². The van der Waals surface area contributed by atoms with Crippen molar-refractivity contribution >= 4 is 16.8 Å². The van der Waals surface area contributed by atoms with E-state index in [9.17, 15) is 4.79 Å². The lowest BCUT2D eigenvalue weighted by Gasteiger charge is -2.32. The number of pyridine rings is 1. The molecule has 6 heteroatoms. The maximum atomic E-state index is 13.1. The third kappa shape index (κ3) is 3.53. The number of piperidine rings is 1. The van der Waals surface area contributed by atoms with E-state index in [-0.39, 0.29) is 11.8 Å². The Hall–Kier alpha value is -3.41. The van der Waals surface area contributed by atoms with E-state index in [0.717, 1.165) is 42.7 Å². The fourth-order valence-corrected chi connectivity index (χ4v) is 4.23. The summed E-state index contributed by atoms with van der Waals surface area (Å²) in [6, 6.07) is 14.0. The molecule has 0 aliphatic carbocycles. The van der Waals surface area contributed by atoms with Crippen LogP contribution in [0.2, 0.25) is 0 Å². The van der Waals surface area contributed by atoms with E-state index in [0.29, 0.717) is 12.2 Å². The van der Waals surface area contributed by atoms with Crippen molar-refractivity contribution in [2.75, 3.05) is 13.1 Å². The molecule has 1 aromatic carbocycles. The number of hydrogen-bond donors (Lipinski definition) is 1. The Labute approximate surface area is 169 Å². The fourth-order valence-electron chi connectivity index (χ4n) is 4.23. The van der Waals surface area contributed by atoms with Gasteiger partial charge >= 0.3 is 0 Å². The third-order valence-corrected chi connectivity index (χ3v) is 5.68. The summed E-state index contributed by atoms with van der Waals surface area (Å²) in [5.41, 5.74) is 2.85. The molecule has 5 rings (SSSR count). The first-order valence-electron chi connectivity index (χ1n) is 10.0. The van der Waals surface area contributed by atoms with Gasteiger partial charge in [0, 0.05) is 61.2 Å². The summed E-state index contributed by atoms with van der Waals surface area (Å²) >= 11 is 0. The number of fused-ring (bicyclic) bond motifs is 1. The average molecular weight is 385 g/mol. The van der Waals surface area contributed by atoms with Gasteiger partial charge in [0.2, 0.25) is 0 Å². The lowest BCUT2D eigenvalue weighted by Crippen LogP contribution is -2.40. The number of aromatic amines is 1. The van der Waals surface area contributed by atoms with Crippen molar-refractivity contribution in [2.45, 2.75) is 25.3 Å². The smallest absolute Gasteiger partial charge is 0.270 e. The van der Waals surface area contributed by atoms with Gasteiger partial charge in [-0.05, 0) is 42.7 Å². The molecule has 0 unspecified atom stereocenters. The highest BCUT2D eigenvalue weighted by atomic mass is 16.2. The molecule has 0 saturated carbocycles. The van der Waals surface area contributed by atoms with E-state index in [1.54, 1.807) is 0 Å². The summed E-state index contributed by atoms with van der Waals surface area (Å²) < 4.78 is 2.19. The summed E-state index contributed by atoms with van der Waals surface area (Å²) in [5, 5.41) is 1.07. The van der Waals surface area contributed by atoms with Crippen LogP contribution in [0.15, 0.2) is 67.3 Å². The van der Waals surface area contributed by atoms with Gasteiger partial charge in [-0.1, -0.05) is 18.2 Å². The van der Waals surface area contributed by atoms with E-state index in [1.807, 2.05) is 72.2 Å². The Morgan fingerprint density at radius 2 is 2.00 bits per heavy atom. The maximum absolute atomic E-state index is 13.1. The molecule has 3 aromatic heterocycles. The largest absolute Gasteiger partial charge is 0.351 e. The zero-order valence-corrected chi connectivity index (χ0v) is 16.2. The van der Waals surface area contributed by atoms with Gasteiger partial charge in [0.25, 0.3) is 5.91 Å². The van der Waals surface area contributed by atoms with Gasteiger partial charge in [0.05, 0.1) is 0 Å². The molecule has 6 nitrogen and oxygen atoms in total. The number of para-hydroxylation sites is 1. The summed E-state index contributed by atoms with van der Waals surface area (Å²) in [6.07, 6.45) is 9.53. The molecule has 4 heterocycles. The molecule has 1 aliphatic rings. The number of nitrogens with one attached hydrogen (secondary N) is 1. The van der Waals surface area contributed by atoms with Gasteiger partial charge in [-0.3, -0.25) is 9.78 Å². The molecule has 1 aliphatic heterocycles. The molecule has 1 N–H and O–H groups in total. The van der Waals surface area contributed by atoms with Crippen LogP contribution in [0, 0.1) is 0 Å². The summed E-state index contributed by atoms with van der Waals surface area (Å²) in [6.45, 7) is 2.25. The monoisotopic (exact) mass is 385 g/mol. The van der Waals surface area contributed by atoms with Crippen LogP contribution >= 0.6 is 0 Å². The van der Waals surface area contributed by atoms with Crippen LogP contribution in [-0.2, 0) is 6.54 Å². The summed E-state index contributed by atoms with van der Waals surface area (Å²) in [4.78, 5) is 27.1. The van der Waals surface area contributed by atoms with E-state index in [4.69, 9.17) is 0 Å². The molecule has 29 heavy (non-hydrogen) atoms. The Morgan fingerprint density at radius 3 is 2.86 bits per heavy atom. The number of nitrogens with zero attached hydrogens (tertiary/aromatic N) is 4. The number of carbonyl (C=O) groups is 1. The zero-order chi connectivity index (χ0) is 19.6.